The molecule has 3 aromatic rings. The third-order valence-corrected chi connectivity index (χ3v) is 8.35. The summed E-state index contributed by atoms with van der Waals surface area (Å²) in [6.07, 6.45) is 0. The Labute approximate surface area is 211 Å². The zero-order chi connectivity index (χ0) is 25.3. The quantitative estimate of drug-likeness (QED) is 0.472. The minimum Gasteiger partial charge on any atom is -0.492 e. The zero-order valence-electron chi connectivity index (χ0n) is 20.7. The summed E-state index contributed by atoms with van der Waals surface area (Å²) in [5, 5.41) is 8.79. The summed E-state index contributed by atoms with van der Waals surface area (Å²) in [4.78, 5) is 2.29. The second-order valence-corrected chi connectivity index (χ2v) is 10.9. The first-order valence-electron chi connectivity index (χ1n) is 12.1. The van der Waals surface area contributed by atoms with Gasteiger partial charge in [-0.15, -0.1) is 10.2 Å². The van der Waals surface area contributed by atoms with Gasteiger partial charge >= 0.3 is 0 Å². The summed E-state index contributed by atoms with van der Waals surface area (Å²) in [7, 11) is -3.70. The molecule has 5 rings (SSSR count). The highest BCUT2D eigenvalue weighted by Crippen LogP contribution is 2.35. The fraction of sp³-hybridized carbons (Fsp3) is 0.385. The number of nitrogens with zero attached hydrogens (tertiary/aromatic N) is 4. The molecule has 36 heavy (non-hydrogen) atoms. The number of piperazine rings is 1. The fourth-order valence-electron chi connectivity index (χ4n) is 4.36. The van der Waals surface area contributed by atoms with Crippen LogP contribution in [0.5, 0.6) is 17.2 Å². The Morgan fingerprint density at radius 3 is 2.42 bits per heavy atom. The van der Waals surface area contributed by atoms with Gasteiger partial charge < -0.3 is 19.1 Å². The van der Waals surface area contributed by atoms with Crippen LogP contribution in [-0.2, 0) is 10.0 Å². The highest BCUT2D eigenvalue weighted by Gasteiger charge is 2.32. The number of sulfonamides is 1. The summed E-state index contributed by atoms with van der Waals surface area (Å²) in [5.41, 5.74) is 2.59. The molecule has 0 amide bonds. The van der Waals surface area contributed by atoms with Crippen molar-refractivity contribution in [1.82, 2.24) is 14.5 Å². The fourth-order valence-corrected chi connectivity index (χ4v) is 5.95. The number of fused-ring (bicyclic) bond motifs is 1. The number of aromatic nitrogens is 2. The molecule has 1 saturated heterocycles. The van der Waals surface area contributed by atoms with E-state index in [1.165, 1.54) is 4.31 Å². The third kappa shape index (κ3) is 4.70. The molecule has 10 heteroatoms. The van der Waals surface area contributed by atoms with E-state index < -0.39 is 10.0 Å². The molecule has 2 aliphatic rings. The molecule has 0 saturated carbocycles. The van der Waals surface area contributed by atoms with Crippen LogP contribution >= 0.6 is 0 Å². The van der Waals surface area contributed by atoms with Crippen LogP contribution in [-0.4, -0.2) is 62.5 Å². The van der Waals surface area contributed by atoms with E-state index in [-0.39, 0.29) is 17.6 Å². The molecule has 190 valence electrons. The lowest BCUT2D eigenvalue weighted by molar-refractivity contribution is 0.174. The number of ether oxygens (including phenoxy) is 3. The van der Waals surface area contributed by atoms with Crippen LogP contribution in [0.2, 0.25) is 0 Å². The van der Waals surface area contributed by atoms with E-state index in [2.05, 4.69) is 15.1 Å². The van der Waals surface area contributed by atoms with Crippen molar-refractivity contribution in [3.63, 3.8) is 0 Å². The van der Waals surface area contributed by atoms with Crippen molar-refractivity contribution in [2.24, 2.45) is 0 Å². The molecule has 0 N–H and O–H groups in total. The SMILES string of the molecule is CCOc1ccc(C(C)C)cc1S(=O)(=O)N1CCN(c2ccc(-c3ccc4c(c3)OCO4)nn2)CC1. The highest BCUT2D eigenvalue weighted by molar-refractivity contribution is 7.89. The van der Waals surface area contributed by atoms with E-state index >= 15 is 0 Å². The predicted octanol–water partition coefficient (Wildman–Crippen LogP) is 3.91. The van der Waals surface area contributed by atoms with Crippen LogP contribution in [0.15, 0.2) is 53.4 Å². The summed E-state index contributed by atoms with van der Waals surface area (Å²) >= 11 is 0. The molecule has 0 bridgehead atoms. The molecule has 0 radical (unpaired) electrons. The van der Waals surface area contributed by atoms with Crippen LogP contribution in [0.25, 0.3) is 11.3 Å². The molecule has 1 fully saturated rings. The van der Waals surface area contributed by atoms with Crippen LogP contribution < -0.4 is 19.1 Å². The topological polar surface area (TPSA) is 94.1 Å². The number of anilines is 1. The van der Waals surface area contributed by atoms with Gasteiger partial charge in [0.25, 0.3) is 0 Å². The van der Waals surface area contributed by atoms with Crippen molar-refractivity contribution in [3.8, 4) is 28.5 Å². The Morgan fingerprint density at radius 1 is 0.944 bits per heavy atom. The lowest BCUT2D eigenvalue weighted by Crippen LogP contribution is -2.49. The summed E-state index contributed by atoms with van der Waals surface area (Å²) in [6, 6.07) is 14.9. The van der Waals surface area contributed by atoms with Crippen molar-refractivity contribution in [2.45, 2.75) is 31.6 Å². The molecule has 0 spiro atoms. The van der Waals surface area contributed by atoms with E-state index in [9.17, 15) is 8.42 Å². The van der Waals surface area contributed by atoms with Gasteiger partial charge in [-0.25, -0.2) is 8.42 Å². The lowest BCUT2D eigenvalue weighted by atomic mass is 10.0. The Morgan fingerprint density at radius 2 is 1.72 bits per heavy atom. The number of rotatable bonds is 7. The van der Waals surface area contributed by atoms with Gasteiger partial charge in [0.15, 0.2) is 17.3 Å². The smallest absolute Gasteiger partial charge is 0.246 e. The summed E-state index contributed by atoms with van der Waals surface area (Å²) in [5.74, 6) is 2.75. The lowest BCUT2D eigenvalue weighted by Gasteiger charge is -2.34. The molecule has 2 aliphatic heterocycles. The molecule has 1 aromatic heterocycles. The second-order valence-electron chi connectivity index (χ2n) is 9.03. The number of hydrogen-bond acceptors (Lipinski definition) is 8. The number of hydrogen-bond donors (Lipinski definition) is 0. The Bertz CT molecular complexity index is 1340. The van der Waals surface area contributed by atoms with E-state index in [0.717, 1.165) is 22.6 Å². The first-order chi connectivity index (χ1) is 17.4. The maximum Gasteiger partial charge on any atom is 0.246 e. The van der Waals surface area contributed by atoms with Gasteiger partial charge in [-0.05, 0) is 60.9 Å². The monoisotopic (exact) mass is 510 g/mol. The molecule has 3 heterocycles. The van der Waals surface area contributed by atoms with Crippen LogP contribution in [0.1, 0.15) is 32.3 Å². The van der Waals surface area contributed by atoms with E-state index in [1.54, 1.807) is 12.1 Å². The largest absolute Gasteiger partial charge is 0.492 e. The van der Waals surface area contributed by atoms with Gasteiger partial charge in [0.2, 0.25) is 16.8 Å². The van der Waals surface area contributed by atoms with Crippen LogP contribution in [0.3, 0.4) is 0 Å². The molecule has 0 aliphatic carbocycles. The minimum absolute atomic E-state index is 0.214. The van der Waals surface area contributed by atoms with E-state index in [4.69, 9.17) is 14.2 Å². The Kier molecular flexibility index (Phi) is 6.72. The molecule has 0 unspecified atom stereocenters. The average Bonchev–Trinajstić information content (AvgIpc) is 3.37. The van der Waals surface area contributed by atoms with E-state index in [1.807, 2.05) is 57.2 Å². The Hall–Kier alpha value is -3.37. The highest BCUT2D eigenvalue weighted by atomic mass is 32.2. The van der Waals surface area contributed by atoms with Crippen molar-refractivity contribution in [1.29, 1.82) is 0 Å². The van der Waals surface area contributed by atoms with Crippen molar-refractivity contribution in [2.75, 3.05) is 44.5 Å². The van der Waals surface area contributed by atoms with Crippen molar-refractivity contribution < 1.29 is 22.6 Å². The Balaban J connectivity index is 1.29. The first kappa shape index (κ1) is 24.3. The predicted molar refractivity (Wildman–Crippen MR) is 136 cm³/mol. The average molecular weight is 511 g/mol. The van der Waals surface area contributed by atoms with Gasteiger partial charge in [0, 0.05) is 31.7 Å². The van der Waals surface area contributed by atoms with Crippen LogP contribution in [0.4, 0.5) is 5.82 Å². The van der Waals surface area contributed by atoms with Gasteiger partial charge in [-0.1, -0.05) is 19.9 Å². The zero-order valence-corrected chi connectivity index (χ0v) is 21.5. The maximum absolute atomic E-state index is 13.6. The third-order valence-electron chi connectivity index (χ3n) is 6.43. The van der Waals surface area contributed by atoms with Crippen LogP contribution in [0, 0.1) is 0 Å². The van der Waals surface area contributed by atoms with Gasteiger partial charge in [-0.3, -0.25) is 0 Å². The minimum atomic E-state index is -3.70. The van der Waals surface area contributed by atoms with Crippen molar-refractivity contribution >= 4 is 15.8 Å². The summed E-state index contributed by atoms with van der Waals surface area (Å²) < 4.78 is 45.1. The maximum atomic E-state index is 13.6. The van der Waals surface area contributed by atoms with Gasteiger partial charge in [0.1, 0.15) is 10.6 Å². The van der Waals surface area contributed by atoms with Gasteiger partial charge in [-0.2, -0.15) is 4.31 Å². The van der Waals surface area contributed by atoms with Crippen molar-refractivity contribution in [3.05, 3.63) is 54.1 Å². The molecule has 2 aromatic carbocycles. The van der Waals surface area contributed by atoms with Gasteiger partial charge in [0.05, 0.1) is 12.3 Å². The number of benzene rings is 2. The summed E-state index contributed by atoms with van der Waals surface area (Å²) in [6.45, 7) is 8.31. The molecule has 0 atom stereocenters. The normalized spacial score (nSPS) is 15.9. The molecular weight excluding hydrogens is 480 g/mol. The first-order valence-corrected chi connectivity index (χ1v) is 13.6. The second kappa shape index (κ2) is 9.94. The molecular formula is C26H30N4O5S. The standard InChI is InChI=1S/C26H30N4O5S/c1-4-33-23-9-5-19(18(2)3)16-25(23)36(31,32)30-13-11-29(12-14-30)26-10-7-21(27-28-26)20-6-8-22-24(15-20)35-17-34-22/h5-10,15-16,18H,4,11-14,17H2,1-3H3. The molecule has 9 nitrogen and oxygen atoms in total. The van der Waals surface area contributed by atoms with E-state index in [0.29, 0.717) is 50.1 Å².